The molecule has 0 radical (unpaired) electrons. The minimum absolute atomic E-state index is 0.0401. The second kappa shape index (κ2) is 11.6. The summed E-state index contributed by atoms with van der Waals surface area (Å²) in [6, 6.07) is 12.1. The van der Waals surface area contributed by atoms with Crippen molar-refractivity contribution in [2.45, 2.75) is 39.0 Å². The zero-order valence-electron chi connectivity index (χ0n) is 18.6. The van der Waals surface area contributed by atoms with E-state index in [0.717, 1.165) is 24.2 Å². The van der Waals surface area contributed by atoms with E-state index in [1.165, 1.54) is 12.1 Å². The fraction of sp³-hybridized carbons (Fsp3) is 0.458. The van der Waals surface area contributed by atoms with E-state index >= 15 is 0 Å². The van der Waals surface area contributed by atoms with Crippen LogP contribution < -0.4 is 10.1 Å². The molecule has 174 valence electrons. The molecule has 1 fully saturated rings. The molecule has 2 aromatic carbocycles. The summed E-state index contributed by atoms with van der Waals surface area (Å²) >= 11 is 6.10. The Labute approximate surface area is 193 Å². The second-order valence-corrected chi connectivity index (χ2v) is 8.68. The van der Waals surface area contributed by atoms with Crippen LogP contribution in [0.2, 0.25) is 5.02 Å². The van der Waals surface area contributed by atoms with Crippen LogP contribution in [-0.2, 0) is 17.9 Å². The number of aliphatic hydroxyl groups is 1. The van der Waals surface area contributed by atoms with Crippen LogP contribution in [0.5, 0.6) is 5.75 Å². The molecule has 2 aromatic rings. The van der Waals surface area contributed by atoms with Gasteiger partial charge in [-0.1, -0.05) is 23.7 Å². The van der Waals surface area contributed by atoms with E-state index in [1.54, 1.807) is 30.3 Å². The topological polar surface area (TPSA) is 65.0 Å². The average molecular weight is 464 g/mol. The first kappa shape index (κ1) is 24.5. The molecule has 3 rings (SSSR count). The smallest absolute Gasteiger partial charge is 0.260 e. The number of nitrogens with zero attached hydrogens (tertiary/aromatic N) is 2. The molecule has 2 unspecified atom stereocenters. The number of carbonyl (C=O) groups is 1. The number of carbonyl (C=O) groups excluding carboxylic acids is 1. The van der Waals surface area contributed by atoms with Crippen LogP contribution in [0.1, 0.15) is 25.0 Å². The van der Waals surface area contributed by atoms with Gasteiger partial charge in [0, 0.05) is 55.4 Å². The van der Waals surface area contributed by atoms with Gasteiger partial charge in [0.1, 0.15) is 11.6 Å². The summed E-state index contributed by atoms with van der Waals surface area (Å²) in [6.07, 6.45) is 0. The summed E-state index contributed by atoms with van der Waals surface area (Å²) in [7, 11) is 0. The van der Waals surface area contributed by atoms with Gasteiger partial charge in [0.25, 0.3) is 5.91 Å². The molecule has 1 heterocycles. The first-order chi connectivity index (χ1) is 15.4. The third-order valence-corrected chi connectivity index (χ3v) is 5.95. The summed E-state index contributed by atoms with van der Waals surface area (Å²) in [5, 5.41) is 12.6. The third-order valence-electron chi connectivity index (χ3n) is 5.71. The fourth-order valence-electron chi connectivity index (χ4n) is 3.94. The van der Waals surface area contributed by atoms with E-state index in [2.05, 4.69) is 17.1 Å². The van der Waals surface area contributed by atoms with Crippen LogP contribution in [0.25, 0.3) is 0 Å². The lowest BCUT2D eigenvalue weighted by Gasteiger charge is -2.44. The van der Waals surface area contributed by atoms with Crippen molar-refractivity contribution >= 4 is 17.5 Å². The molecule has 1 aliphatic heterocycles. The van der Waals surface area contributed by atoms with Crippen molar-refractivity contribution in [1.82, 2.24) is 15.1 Å². The predicted octanol–water partition coefficient (Wildman–Crippen LogP) is 3.06. The highest BCUT2D eigenvalue weighted by molar-refractivity contribution is 6.30. The number of hydrogen-bond donors (Lipinski definition) is 2. The maximum Gasteiger partial charge on any atom is 0.260 e. The number of benzene rings is 2. The van der Waals surface area contributed by atoms with Crippen molar-refractivity contribution in [2.75, 3.05) is 32.8 Å². The zero-order chi connectivity index (χ0) is 23.1. The van der Waals surface area contributed by atoms with E-state index in [4.69, 9.17) is 21.4 Å². The zero-order valence-corrected chi connectivity index (χ0v) is 19.3. The number of aliphatic hydroxyl groups excluding tert-OH is 1. The Hall–Kier alpha value is -2.19. The van der Waals surface area contributed by atoms with E-state index in [0.29, 0.717) is 30.4 Å². The van der Waals surface area contributed by atoms with E-state index in [-0.39, 0.29) is 37.0 Å². The standard InChI is InChI=1S/C24H31ClFN3O3/c1-17-14-29(18(2)13-28(17)15-19-3-6-22(26)7-4-19)24(31)16-32-23-8-5-21(25)11-20(23)12-27-9-10-30/h3-8,11,17-18,27,30H,9-10,12-16H2,1-2H3. The highest BCUT2D eigenvalue weighted by Crippen LogP contribution is 2.24. The number of ether oxygens (including phenoxy) is 1. The molecule has 1 amide bonds. The predicted molar refractivity (Wildman–Crippen MR) is 123 cm³/mol. The van der Waals surface area contributed by atoms with Crippen molar-refractivity contribution in [3.63, 3.8) is 0 Å². The quantitative estimate of drug-likeness (QED) is 0.559. The number of amides is 1. The number of piperazine rings is 1. The van der Waals surface area contributed by atoms with E-state index in [1.807, 2.05) is 11.8 Å². The Morgan fingerprint density at radius 3 is 2.66 bits per heavy atom. The molecule has 0 bridgehead atoms. The van der Waals surface area contributed by atoms with Gasteiger partial charge in [0.2, 0.25) is 0 Å². The van der Waals surface area contributed by atoms with E-state index in [9.17, 15) is 9.18 Å². The minimum Gasteiger partial charge on any atom is -0.483 e. The summed E-state index contributed by atoms with van der Waals surface area (Å²) in [5.74, 6) is 0.303. The normalized spacial score (nSPS) is 19.2. The van der Waals surface area contributed by atoms with Gasteiger partial charge in [-0.05, 0) is 49.7 Å². The second-order valence-electron chi connectivity index (χ2n) is 8.24. The van der Waals surface area contributed by atoms with Gasteiger partial charge < -0.3 is 20.1 Å². The van der Waals surface area contributed by atoms with Crippen molar-refractivity contribution in [3.05, 3.63) is 64.4 Å². The van der Waals surface area contributed by atoms with Crippen molar-refractivity contribution in [2.24, 2.45) is 0 Å². The summed E-state index contributed by atoms with van der Waals surface area (Å²) in [6.45, 7) is 7.14. The maximum atomic E-state index is 13.2. The molecule has 8 heteroatoms. The van der Waals surface area contributed by atoms with Gasteiger partial charge >= 0.3 is 0 Å². The molecular formula is C24H31ClFN3O3. The maximum absolute atomic E-state index is 13.2. The molecule has 0 aliphatic carbocycles. The highest BCUT2D eigenvalue weighted by Gasteiger charge is 2.32. The highest BCUT2D eigenvalue weighted by atomic mass is 35.5. The average Bonchev–Trinajstić information content (AvgIpc) is 2.77. The van der Waals surface area contributed by atoms with Crippen LogP contribution in [0.3, 0.4) is 0 Å². The summed E-state index contributed by atoms with van der Waals surface area (Å²) in [4.78, 5) is 17.1. The summed E-state index contributed by atoms with van der Waals surface area (Å²) < 4.78 is 19.0. The van der Waals surface area contributed by atoms with Crippen LogP contribution in [0, 0.1) is 5.82 Å². The van der Waals surface area contributed by atoms with Gasteiger partial charge in [0.05, 0.1) is 6.61 Å². The van der Waals surface area contributed by atoms with Gasteiger partial charge in [-0.25, -0.2) is 4.39 Å². The number of hydrogen-bond acceptors (Lipinski definition) is 5. The Bertz CT molecular complexity index is 897. The molecule has 0 saturated carbocycles. The molecule has 0 aromatic heterocycles. The molecule has 1 aliphatic rings. The Morgan fingerprint density at radius 1 is 1.19 bits per heavy atom. The SMILES string of the molecule is CC1CN(C(=O)COc2ccc(Cl)cc2CNCCO)C(C)CN1Cc1ccc(F)cc1. The first-order valence-corrected chi connectivity index (χ1v) is 11.3. The van der Waals surface area contributed by atoms with Gasteiger partial charge in [0.15, 0.2) is 6.61 Å². The van der Waals surface area contributed by atoms with Gasteiger partial charge in [-0.15, -0.1) is 0 Å². The van der Waals surface area contributed by atoms with Crippen molar-refractivity contribution in [3.8, 4) is 5.75 Å². The van der Waals surface area contributed by atoms with Crippen LogP contribution >= 0.6 is 11.6 Å². The van der Waals surface area contributed by atoms with Crippen molar-refractivity contribution < 1.29 is 19.0 Å². The lowest BCUT2D eigenvalue weighted by atomic mass is 10.1. The summed E-state index contributed by atoms with van der Waals surface area (Å²) in [5.41, 5.74) is 1.89. The molecule has 1 saturated heterocycles. The lowest BCUT2D eigenvalue weighted by molar-refractivity contribution is -0.139. The Morgan fingerprint density at radius 2 is 1.94 bits per heavy atom. The van der Waals surface area contributed by atoms with Crippen LogP contribution in [0.15, 0.2) is 42.5 Å². The number of halogens is 2. The lowest BCUT2D eigenvalue weighted by Crippen LogP contribution is -2.58. The molecule has 32 heavy (non-hydrogen) atoms. The minimum atomic E-state index is -0.237. The molecule has 0 spiro atoms. The Balaban J connectivity index is 1.56. The first-order valence-electron chi connectivity index (χ1n) is 10.9. The van der Waals surface area contributed by atoms with Crippen molar-refractivity contribution in [1.29, 1.82) is 0 Å². The molecule has 6 nitrogen and oxygen atoms in total. The molecular weight excluding hydrogens is 433 g/mol. The van der Waals surface area contributed by atoms with E-state index < -0.39 is 0 Å². The monoisotopic (exact) mass is 463 g/mol. The van der Waals surface area contributed by atoms with Gasteiger partial charge in [-0.2, -0.15) is 0 Å². The fourth-order valence-corrected chi connectivity index (χ4v) is 4.14. The molecule has 2 N–H and O–H groups in total. The number of rotatable bonds is 9. The Kier molecular flexibility index (Phi) is 8.87. The third kappa shape index (κ3) is 6.65. The van der Waals surface area contributed by atoms with Crippen LogP contribution in [0.4, 0.5) is 4.39 Å². The van der Waals surface area contributed by atoms with Gasteiger partial charge in [-0.3, -0.25) is 9.69 Å². The largest absolute Gasteiger partial charge is 0.483 e. The van der Waals surface area contributed by atoms with Crippen LogP contribution in [-0.4, -0.2) is 65.7 Å². The molecule has 2 atom stereocenters. The number of nitrogens with one attached hydrogen (secondary N) is 1.